The van der Waals surface area contributed by atoms with E-state index in [0.717, 1.165) is 0 Å². The molecule has 0 spiro atoms. The van der Waals surface area contributed by atoms with Gasteiger partial charge in [0.05, 0.1) is 0 Å². The molecule has 0 bridgehead atoms. The van der Waals surface area contributed by atoms with E-state index in [1.807, 2.05) is 0 Å². The molecule has 5 aromatic carbocycles. The SMILES string of the molecule is Cc1c(P)c(C)c([SiH](c2ccccc2)c2ccccc2)c(C)c1[SiH](c1ccccc1)c1ccccc1. The van der Waals surface area contributed by atoms with Crippen molar-refractivity contribution in [3.05, 3.63) is 138 Å². The predicted molar refractivity (Wildman–Crippen MR) is 168 cm³/mol. The Morgan fingerprint density at radius 3 is 0.889 bits per heavy atom. The Morgan fingerprint density at radius 1 is 0.389 bits per heavy atom. The smallest absolute Gasteiger partial charge is 0.105 e. The van der Waals surface area contributed by atoms with Crippen molar-refractivity contribution in [3.63, 3.8) is 0 Å². The molecule has 0 aromatic heterocycles. The monoisotopic (exact) mass is 516 g/mol. The van der Waals surface area contributed by atoms with Gasteiger partial charge in [0, 0.05) is 0 Å². The van der Waals surface area contributed by atoms with Crippen LogP contribution in [0.1, 0.15) is 16.7 Å². The zero-order chi connectivity index (χ0) is 25.1. The Labute approximate surface area is 221 Å². The highest BCUT2D eigenvalue weighted by atomic mass is 31.0. The number of hydrogen-bond acceptors (Lipinski definition) is 0. The van der Waals surface area contributed by atoms with Crippen LogP contribution in [0.3, 0.4) is 0 Å². The lowest BCUT2D eigenvalue weighted by atomic mass is 10.1. The lowest BCUT2D eigenvalue weighted by molar-refractivity contribution is 1.42. The molecule has 0 saturated heterocycles. The first-order valence-corrected chi connectivity index (χ1v) is 16.7. The Morgan fingerprint density at radius 2 is 0.639 bits per heavy atom. The van der Waals surface area contributed by atoms with Gasteiger partial charge in [-0.1, -0.05) is 148 Å². The highest BCUT2D eigenvalue weighted by Gasteiger charge is 2.30. The Balaban J connectivity index is 1.83. The van der Waals surface area contributed by atoms with Gasteiger partial charge < -0.3 is 0 Å². The third-order valence-electron chi connectivity index (χ3n) is 7.53. The molecule has 5 aromatic rings. The molecule has 0 radical (unpaired) electrons. The summed E-state index contributed by atoms with van der Waals surface area (Å²) in [7, 11) is -0.248. The van der Waals surface area contributed by atoms with Crippen LogP contribution in [0.2, 0.25) is 0 Å². The molecular formula is C33H33PSi2. The van der Waals surface area contributed by atoms with Crippen LogP contribution < -0.4 is 36.4 Å². The van der Waals surface area contributed by atoms with Crippen LogP contribution >= 0.6 is 9.24 Å². The molecule has 1 atom stereocenters. The fourth-order valence-electron chi connectivity index (χ4n) is 5.78. The van der Waals surface area contributed by atoms with Crippen molar-refractivity contribution in [3.8, 4) is 0 Å². The first-order valence-electron chi connectivity index (χ1n) is 12.7. The third kappa shape index (κ3) is 4.69. The molecule has 5 rings (SSSR count). The number of benzene rings is 5. The van der Waals surface area contributed by atoms with Crippen LogP contribution in [-0.4, -0.2) is 17.6 Å². The standard InChI is InChI=1S/C33H33PSi2/c1-24-31(34)25(2)33(36(29-20-12-6-13-21-29)30-22-14-7-15-23-30)26(3)32(24)35(27-16-8-4-9-17-27)28-18-10-5-11-19-28/h4-23,35-36H,34H2,1-3H3. The van der Waals surface area contributed by atoms with Crippen LogP contribution in [-0.2, 0) is 0 Å². The summed E-state index contributed by atoms with van der Waals surface area (Å²) in [6, 6.07) is 44.9. The van der Waals surface area contributed by atoms with Gasteiger partial charge in [-0.05, 0) is 47.6 Å². The molecule has 0 fully saturated rings. The molecule has 1 unspecified atom stereocenters. The van der Waals surface area contributed by atoms with Crippen molar-refractivity contribution in [2.45, 2.75) is 20.8 Å². The molecule has 0 N–H and O–H groups in total. The van der Waals surface area contributed by atoms with Crippen molar-refractivity contribution >= 4 is 63.3 Å². The second-order valence-electron chi connectivity index (χ2n) is 9.62. The van der Waals surface area contributed by atoms with Gasteiger partial charge in [-0.25, -0.2) is 0 Å². The normalized spacial score (nSPS) is 11.3. The topological polar surface area (TPSA) is 0 Å². The number of hydrogen-bond donors (Lipinski definition) is 0. The second-order valence-corrected chi connectivity index (χ2v) is 15.8. The summed E-state index contributed by atoms with van der Waals surface area (Å²) in [6.07, 6.45) is 0. The van der Waals surface area contributed by atoms with E-state index in [1.54, 1.807) is 10.4 Å². The third-order valence-corrected chi connectivity index (χ3v) is 15.5. The summed E-state index contributed by atoms with van der Waals surface area (Å²) in [5.41, 5.74) is 4.39. The van der Waals surface area contributed by atoms with Gasteiger partial charge in [-0.2, -0.15) is 0 Å². The van der Waals surface area contributed by atoms with Crippen molar-refractivity contribution in [1.82, 2.24) is 0 Å². The molecule has 0 heterocycles. The van der Waals surface area contributed by atoms with Crippen molar-refractivity contribution in [2.75, 3.05) is 0 Å². The minimum atomic E-state index is -1.68. The fraction of sp³-hybridized carbons (Fsp3) is 0.0909. The summed E-state index contributed by atoms with van der Waals surface area (Å²) in [5.74, 6) is 0. The van der Waals surface area contributed by atoms with Crippen LogP contribution in [0.5, 0.6) is 0 Å². The van der Waals surface area contributed by atoms with E-state index in [0.29, 0.717) is 0 Å². The fourth-order valence-corrected chi connectivity index (χ4v) is 13.5. The van der Waals surface area contributed by atoms with E-state index < -0.39 is 17.6 Å². The zero-order valence-corrected chi connectivity index (χ0v) is 24.7. The summed E-state index contributed by atoms with van der Waals surface area (Å²) < 4.78 is 0. The van der Waals surface area contributed by atoms with Gasteiger partial charge in [-0.3, -0.25) is 0 Å². The van der Waals surface area contributed by atoms with E-state index in [9.17, 15) is 0 Å². The van der Waals surface area contributed by atoms with Crippen LogP contribution in [0.4, 0.5) is 0 Å². The van der Waals surface area contributed by atoms with Crippen LogP contribution in [0, 0.1) is 20.8 Å². The quantitative estimate of drug-likeness (QED) is 0.185. The predicted octanol–water partition coefficient (Wildman–Crippen LogP) is 2.61. The minimum Gasteiger partial charge on any atom is -0.105 e. The van der Waals surface area contributed by atoms with Gasteiger partial charge in [0.25, 0.3) is 0 Å². The summed E-state index contributed by atoms with van der Waals surface area (Å²) in [4.78, 5) is 0. The first-order chi connectivity index (χ1) is 17.6. The van der Waals surface area contributed by atoms with Crippen molar-refractivity contribution < 1.29 is 0 Å². The van der Waals surface area contributed by atoms with E-state index >= 15 is 0 Å². The van der Waals surface area contributed by atoms with E-state index in [1.165, 1.54) is 42.7 Å². The molecule has 0 saturated carbocycles. The molecule has 0 aliphatic heterocycles. The molecule has 0 aliphatic rings. The summed E-state index contributed by atoms with van der Waals surface area (Å²) >= 11 is 0. The molecule has 178 valence electrons. The average Bonchev–Trinajstić information content (AvgIpc) is 2.94. The Kier molecular flexibility index (Phi) is 7.48. The van der Waals surface area contributed by atoms with E-state index in [2.05, 4.69) is 151 Å². The van der Waals surface area contributed by atoms with E-state index in [4.69, 9.17) is 0 Å². The zero-order valence-electron chi connectivity index (χ0n) is 21.3. The van der Waals surface area contributed by atoms with Crippen LogP contribution in [0.25, 0.3) is 0 Å². The Hall–Kier alpha value is -3.04. The molecule has 0 nitrogen and oxygen atoms in total. The maximum atomic E-state index is 3.12. The molecule has 0 amide bonds. The second kappa shape index (κ2) is 10.9. The average molecular weight is 517 g/mol. The van der Waals surface area contributed by atoms with Crippen molar-refractivity contribution in [1.29, 1.82) is 0 Å². The van der Waals surface area contributed by atoms with E-state index in [-0.39, 0.29) is 0 Å². The maximum Gasteiger partial charge on any atom is 0.133 e. The van der Waals surface area contributed by atoms with Gasteiger partial charge in [0.1, 0.15) is 17.6 Å². The van der Waals surface area contributed by atoms with Gasteiger partial charge in [-0.15, -0.1) is 9.24 Å². The van der Waals surface area contributed by atoms with Crippen LogP contribution in [0.15, 0.2) is 121 Å². The lowest BCUT2D eigenvalue weighted by Crippen LogP contribution is -2.61. The van der Waals surface area contributed by atoms with Gasteiger partial charge >= 0.3 is 0 Å². The van der Waals surface area contributed by atoms with Gasteiger partial charge in [0.15, 0.2) is 0 Å². The Bertz CT molecular complexity index is 1260. The molecule has 3 heteroatoms. The lowest BCUT2D eigenvalue weighted by Gasteiger charge is -2.30. The summed E-state index contributed by atoms with van der Waals surface area (Å²) in [6.45, 7) is 7.09. The maximum absolute atomic E-state index is 3.12. The largest absolute Gasteiger partial charge is 0.133 e. The first kappa shape index (κ1) is 24.6. The summed E-state index contributed by atoms with van der Waals surface area (Å²) in [5, 5.41) is 10.5. The van der Waals surface area contributed by atoms with Crippen molar-refractivity contribution in [2.24, 2.45) is 0 Å². The number of rotatable bonds is 6. The highest BCUT2D eigenvalue weighted by molar-refractivity contribution is 7.28. The molecule has 36 heavy (non-hydrogen) atoms. The molecule has 0 aliphatic carbocycles. The van der Waals surface area contributed by atoms with Gasteiger partial charge in [0.2, 0.25) is 0 Å². The minimum absolute atomic E-state index is 1.37. The highest BCUT2D eigenvalue weighted by Crippen LogP contribution is 2.11. The molecular weight excluding hydrogens is 484 g/mol.